The van der Waals surface area contributed by atoms with Crippen LogP contribution in [0.4, 0.5) is 0 Å². The minimum Gasteiger partial charge on any atom is -0.399 e. The van der Waals surface area contributed by atoms with Crippen molar-refractivity contribution in [2.24, 2.45) is 0 Å². The van der Waals surface area contributed by atoms with Gasteiger partial charge in [-0.15, -0.1) is 0 Å². The lowest BCUT2D eigenvalue weighted by atomic mass is 10.0. The average molecular weight is 281 g/mol. The maximum Gasteiger partial charge on any atom is 0.186 e. The molecule has 0 radical (unpaired) electrons. The summed E-state index contributed by atoms with van der Waals surface area (Å²) in [5, 5.41) is 9.28. The zero-order chi connectivity index (χ0) is 14.6. The molecule has 2 nitrogen and oxygen atoms in total. The molecule has 2 aromatic rings. The summed E-state index contributed by atoms with van der Waals surface area (Å²) in [5.74, 6) is 0. The number of nitrogens with zero attached hydrogens (tertiary/aromatic N) is 1. The molecular weight excluding hydrogens is 262 g/mol. The summed E-state index contributed by atoms with van der Waals surface area (Å²) in [6, 6.07) is 20.5. The van der Waals surface area contributed by atoms with E-state index in [-0.39, 0.29) is 0 Å². The van der Waals surface area contributed by atoms with Gasteiger partial charge in [-0.1, -0.05) is 54.6 Å². The molecule has 2 rings (SSSR count). The summed E-state index contributed by atoms with van der Waals surface area (Å²) in [7, 11) is -1.72. The first-order chi connectivity index (χ1) is 9.49. The van der Waals surface area contributed by atoms with Crippen LogP contribution >= 0.6 is 0 Å². The normalized spacial score (nSPS) is 12.7. The maximum atomic E-state index is 9.28. The van der Waals surface area contributed by atoms with E-state index in [0.717, 1.165) is 11.1 Å². The van der Waals surface area contributed by atoms with Crippen molar-refractivity contribution in [2.45, 2.75) is 25.7 Å². The lowest BCUT2D eigenvalue weighted by Gasteiger charge is -2.22. The number of rotatable bonds is 4. The average Bonchev–Trinajstić information content (AvgIpc) is 2.45. The Labute approximate surface area is 121 Å². The highest BCUT2D eigenvalue weighted by atomic mass is 28.4. The van der Waals surface area contributed by atoms with Crippen LogP contribution in [0.1, 0.15) is 11.7 Å². The number of hydrogen-bond donors (Lipinski definition) is 0. The van der Waals surface area contributed by atoms with Gasteiger partial charge in [0.05, 0.1) is 6.07 Å². The van der Waals surface area contributed by atoms with Gasteiger partial charge in [0.2, 0.25) is 0 Å². The van der Waals surface area contributed by atoms with Crippen molar-refractivity contribution in [3.8, 4) is 17.2 Å². The van der Waals surface area contributed by atoms with Crippen LogP contribution in [0.15, 0.2) is 54.6 Å². The predicted octanol–water partition coefficient (Wildman–Crippen LogP) is 4.77. The topological polar surface area (TPSA) is 33.0 Å². The van der Waals surface area contributed by atoms with E-state index in [4.69, 9.17) is 4.43 Å². The molecule has 3 heteroatoms. The van der Waals surface area contributed by atoms with Gasteiger partial charge in [0.25, 0.3) is 0 Å². The Morgan fingerprint density at radius 2 is 1.45 bits per heavy atom. The first-order valence-corrected chi connectivity index (χ1v) is 10.1. The van der Waals surface area contributed by atoms with Gasteiger partial charge in [0, 0.05) is 0 Å². The Hall–Kier alpha value is -1.89. The van der Waals surface area contributed by atoms with Gasteiger partial charge in [0.15, 0.2) is 14.4 Å². The highest BCUT2D eigenvalue weighted by molar-refractivity contribution is 6.69. The van der Waals surface area contributed by atoms with Gasteiger partial charge in [-0.05, 0) is 36.3 Å². The van der Waals surface area contributed by atoms with E-state index in [0.29, 0.717) is 0 Å². The molecule has 0 aliphatic rings. The Morgan fingerprint density at radius 1 is 0.900 bits per heavy atom. The molecule has 0 aliphatic heterocycles. The molecular formula is C17H19NOSi. The van der Waals surface area contributed by atoms with E-state index in [9.17, 15) is 5.26 Å². The van der Waals surface area contributed by atoms with Crippen molar-refractivity contribution in [1.82, 2.24) is 0 Å². The van der Waals surface area contributed by atoms with Gasteiger partial charge < -0.3 is 4.43 Å². The zero-order valence-electron chi connectivity index (χ0n) is 12.1. The summed E-state index contributed by atoms with van der Waals surface area (Å²) in [6.07, 6.45) is -0.466. The van der Waals surface area contributed by atoms with E-state index in [1.54, 1.807) is 0 Å². The van der Waals surface area contributed by atoms with Crippen LogP contribution in [-0.2, 0) is 4.43 Å². The van der Waals surface area contributed by atoms with Crippen molar-refractivity contribution < 1.29 is 4.43 Å². The van der Waals surface area contributed by atoms with E-state index in [1.807, 2.05) is 42.5 Å². The summed E-state index contributed by atoms with van der Waals surface area (Å²) in [6.45, 7) is 6.28. The van der Waals surface area contributed by atoms with E-state index in [2.05, 4.69) is 37.8 Å². The highest BCUT2D eigenvalue weighted by Gasteiger charge is 2.22. The summed E-state index contributed by atoms with van der Waals surface area (Å²) in [5.41, 5.74) is 3.26. The quantitative estimate of drug-likeness (QED) is 0.756. The molecule has 0 aliphatic carbocycles. The molecule has 0 N–H and O–H groups in total. The second-order valence-corrected chi connectivity index (χ2v) is 10.2. The molecule has 0 saturated heterocycles. The Morgan fingerprint density at radius 3 is 1.95 bits per heavy atom. The smallest absolute Gasteiger partial charge is 0.186 e. The summed E-state index contributed by atoms with van der Waals surface area (Å²) in [4.78, 5) is 0. The molecule has 0 heterocycles. The number of hydrogen-bond acceptors (Lipinski definition) is 2. The van der Waals surface area contributed by atoms with Crippen molar-refractivity contribution in [3.63, 3.8) is 0 Å². The third-order valence-corrected chi connectivity index (χ3v) is 3.85. The first kappa shape index (κ1) is 14.5. The largest absolute Gasteiger partial charge is 0.399 e. The third kappa shape index (κ3) is 3.80. The van der Waals surface area contributed by atoms with Crippen LogP contribution < -0.4 is 0 Å². The third-order valence-electron chi connectivity index (χ3n) is 2.91. The number of benzene rings is 2. The van der Waals surface area contributed by atoms with Crippen molar-refractivity contribution in [2.75, 3.05) is 0 Å². The summed E-state index contributed by atoms with van der Waals surface area (Å²) < 4.78 is 5.90. The monoisotopic (exact) mass is 281 g/mol. The van der Waals surface area contributed by atoms with Crippen LogP contribution in [0.5, 0.6) is 0 Å². The molecule has 0 aromatic heterocycles. The van der Waals surface area contributed by atoms with Crippen LogP contribution in [0.2, 0.25) is 19.6 Å². The lowest BCUT2D eigenvalue weighted by Crippen LogP contribution is -2.27. The SMILES string of the molecule is C[Si](C)(C)OC(C#N)c1ccc(-c2ccccc2)cc1. The first-order valence-electron chi connectivity index (χ1n) is 6.72. The fraction of sp³-hybridized carbons (Fsp3) is 0.235. The van der Waals surface area contributed by atoms with E-state index < -0.39 is 14.4 Å². The van der Waals surface area contributed by atoms with Crippen molar-refractivity contribution in [1.29, 1.82) is 5.26 Å². The van der Waals surface area contributed by atoms with Crippen LogP contribution in [0, 0.1) is 11.3 Å². The number of nitriles is 1. The van der Waals surface area contributed by atoms with E-state index >= 15 is 0 Å². The second-order valence-electron chi connectivity index (χ2n) is 5.73. The van der Waals surface area contributed by atoms with Gasteiger partial charge in [-0.25, -0.2) is 0 Å². The molecule has 0 spiro atoms. The van der Waals surface area contributed by atoms with Crippen molar-refractivity contribution >= 4 is 8.32 Å². The fourth-order valence-corrected chi connectivity index (χ4v) is 2.90. The Kier molecular flexibility index (Phi) is 4.38. The minimum absolute atomic E-state index is 0.466. The highest BCUT2D eigenvalue weighted by Crippen LogP contribution is 2.25. The molecule has 2 aromatic carbocycles. The van der Waals surface area contributed by atoms with Crippen LogP contribution in [0.25, 0.3) is 11.1 Å². The van der Waals surface area contributed by atoms with Gasteiger partial charge in [0.1, 0.15) is 0 Å². The van der Waals surface area contributed by atoms with E-state index in [1.165, 1.54) is 5.56 Å². The molecule has 1 unspecified atom stereocenters. The Balaban J connectivity index is 2.22. The van der Waals surface area contributed by atoms with Gasteiger partial charge in [-0.3, -0.25) is 0 Å². The van der Waals surface area contributed by atoms with Crippen LogP contribution in [0.3, 0.4) is 0 Å². The molecule has 102 valence electrons. The molecule has 0 fully saturated rings. The lowest BCUT2D eigenvalue weighted by molar-refractivity contribution is 0.255. The van der Waals surface area contributed by atoms with Gasteiger partial charge in [-0.2, -0.15) is 5.26 Å². The molecule has 0 saturated carbocycles. The second kappa shape index (κ2) is 6.04. The van der Waals surface area contributed by atoms with Crippen LogP contribution in [-0.4, -0.2) is 8.32 Å². The van der Waals surface area contributed by atoms with Crippen molar-refractivity contribution in [3.05, 3.63) is 60.2 Å². The Bertz CT molecular complexity index is 594. The predicted molar refractivity (Wildman–Crippen MR) is 84.7 cm³/mol. The summed E-state index contributed by atoms with van der Waals surface area (Å²) >= 11 is 0. The minimum atomic E-state index is -1.72. The molecule has 20 heavy (non-hydrogen) atoms. The maximum absolute atomic E-state index is 9.28. The van der Waals surface area contributed by atoms with Gasteiger partial charge >= 0.3 is 0 Å². The standard InChI is InChI=1S/C17H19NOSi/c1-20(2,3)19-17(13-18)16-11-9-15(10-12-16)14-7-5-4-6-8-14/h4-12,17H,1-3H3. The molecule has 0 amide bonds. The fourth-order valence-electron chi connectivity index (χ4n) is 2.00. The molecule has 1 atom stereocenters. The molecule has 0 bridgehead atoms. The zero-order valence-corrected chi connectivity index (χ0v) is 13.1.